The van der Waals surface area contributed by atoms with Gasteiger partial charge in [-0.05, 0) is 111 Å². The first-order chi connectivity index (χ1) is 40.6. The molecule has 17 rings (SSSR count). The van der Waals surface area contributed by atoms with E-state index < -0.39 is 0 Å². The summed E-state index contributed by atoms with van der Waals surface area (Å²) in [6, 6.07) is 102. The van der Waals surface area contributed by atoms with Crippen molar-refractivity contribution in [3.63, 3.8) is 0 Å². The SMILES string of the molecule is c1ccc(-c2cc(-c3ccccc3)cc(-c3cc(-c4ccccc4)cc(-n4c5ccccc5c5ccc6c7ccccc7n(-c7nc(-c8cccc9c8sc8ccccc89)cc(-c8cccc9c8sc8ccccc89)n7)c6c54)c3)c2)cc1. The fourth-order valence-electron chi connectivity index (χ4n) is 12.8. The normalized spacial score (nSPS) is 11.9. The molecule has 4 nitrogen and oxygen atoms in total. The molecule has 0 N–H and O–H groups in total. The molecule has 0 spiro atoms. The second-order valence-corrected chi connectivity index (χ2v) is 23.3. The molecule has 0 radical (unpaired) electrons. The number of nitrogens with zero attached hydrogens (tertiary/aromatic N) is 4. The van der Waals surface area contributed by atoms with Crippen molar-refractivity contribution >= 4 is 107 Å². The molecule has 17 aromatic rings. The highest BCUT2D eigenvalue weighted by Gasteiger charge is 2.25. The third-order valence-electron chi connectivity index (χ3n) is 16.5. The fraction of sp³-hybridized carbons (Fsp3) is 0. The Kier molecular flexibility index (Phi) is 10.6. The molecule has 5 heterocycles. The van der Waals surface area contributed by atoms with Gasteiger partial charge >= 0.3 is 0 Å². The lowest BCUT2D eigenvalue weighted by Crippen LogP contribution is -2.05. The maximum atomic E-state index is 5.80. The van der Waals surface area contributed by atoms with E-state index in [2.05, 4.69) is 288 Å². The Labute approximate surface area is 480 Å². The van der Waals surface area contributed by atoms with Gasteiger partial charge in [0.15, 0.2) is 0 Å². The van der Waals surface area contributed by atoms with Gasteiger partial charge in [-0.15, -0.1) is 22.7 Å². The van der Waals surface area contributed by atoms with Crippen molar-refractivity contribution in [3.8, 4) is 78.7 Å². The number of benzene rings is 12. The summed E-state index contributed by atoms with van der Waals surface area (Å²) in [4.78, 5) is 11.6. The van der Waals surface area contributed by atoms with Crippen LogP contribution in [-0.2, 0) is 0 Å². The molecule has 12 aromatic carbocycles. The predicted molar refractivity (Wildman–Crippen MR) is 349 cm³/mol. The minimum Gasteiger partial charge on any atom is -0.307 e. The summed E-state index contributed by atoms with van der Waals surface area (Å²) in [6.07, 6.45) is 0. The van der Waals surface area contributed by atoms with Crippen LogP contribution in [0.25, 0.3) is 163 Å². The molecule has 0 aliphatic heterocycles. The smallest absolute Gasteiger partial charge is 0.235 e. The van der Waals surface area contributed by atoms with Crippen LogP contribution in [0.4, 0.5) is 0 Å². The van der Waals surface area contributed by atoms with Crippen molar-refractivity contribution in [2.45, 2.75) is 0 Å². The molecule has 6 heteroatoms. The Morgan fingerprint density at radius 1 is 0.256 bits per heavy atom. The van der Waals surface area contributed by atoms with E-state index in [0.717, 1.165) is 88.7 Å². The molecule has 0 saturated heterocycles. The molecule has 82 heavy (non-hydrogen) atoms. The molecule has 0 aliphatic carbocycles. The highest BCUT2D eigenvalue weighted by atomic mass is 32.1. The maximum absolute atomic E-state index is 5.80. The van der Waals surface area contributed by atoms with Gasteiger partial charge in [0.05, 0.1) is 33.5 Å². The van der Waals surface area contributed by atoms with E-state index in [9.17, 15) is 0 Å². The first-order valence-corrected chi connectivity index (χ1v) is 29.4. The standard InChI is InChI=1S/C76H46N4S2/c1-4-20-47(21-5-1)50-40-51(48-22-6-2-7-23-48)42-52(41-50)54-43-53(49-24-8-3-9-25-49)44-55(45-54)79-68-34-14-10-26-56(68)60-38-39-61-57-27-11-15-35-69(57)80(73(61)72(60)79)76-77-66(64-32-18-30-62-58-28-12-16-36-70(58)81-74(62)64)46-67(78-76)65-33-19-31-63-59-29-13-17-37-71(59)82-75(63)65/h1-46H. The monoisotopic (exact) mass is 1080 g/mol. The number of thiophene rings is 2. The topological polar surface area (TPSA) is 35.6 Å². The van der Waals surface area contributed by atoms with Crippen LogP contribution < -0.4 is 0 Å². The highest BCUT2D eigenvalue weighted by Crippen LogP contribution is 2.47. The summed E-state index contributed by atoms with van der Waals surface area (Å²) >= 11 is 3.66. The zero-order valence-corrected chi connectivity index (χ0v) is 45.8. The van der Waals surface area contributed by atoms with Gasteiger partial charge in [-0.1, -0.05) is 212 Å². The lowest BCUT2D eigenvalue weighted by atomic mass is 9.91. The molecule has 0 fully saturated rings. The lowest BCUT2D eigenvalue weighted by molar-refractivity contribution is 0.996. The van der Waals surface area contributed by atoms with Crippen molar-refractivity contribution in [1.82, 2.24) is 19.1 Å². The third-order valence-corrected chi connectivity index (χ3v) is 18.9. The van der Waals surface area contributed by atoms with Crippen LogP contribution in [-0.4, -0.2) is 19.1 Å². The van der Waals surface area contributed by atoms with Crippen LogP contribution in [0.3, 0.4) is 0 Å². The van der Waals surface area contributed by atoms with Crippen molar-refractivity contribution in [2.24, 2.45) is 0 Å². The summed E-state index contributed by atoms with van der Waals surface area (Å²) < 4.78 is 9.81. The van der Waals surface area contributed by atoms with E-state index in [1.165, 1.54) is 68.0 Å². The Bertz CT molecular complexity index is 5210. The summed E-state index contributed by atoms with van der Waals surface area (Å²) in [5.74, 6) is 0.615. The summed E-state index contributed by atoms with van der Waals surface area (Å²) in [5.41, 5.74) is 18.5. The van der Waals surface area contributed by atoms with Crippen LogP contribution in [0.15, 0.2) is 279 Å². The molecule has 0 atom stereocenters. The van der Waals surface area contributed by atoms with E-state index in [4.69, 9.17) is 9.97 Å². The number of para-hydroxylation sites is 2. The number of aromatic nitrogens is 4. The Morgan fingerprint density at radius 2 is 0.622 bits per heavy atom. The number of hydrogen-bond acceptors (Lipinski definition) is 4. The first-order valence-electron chi connectivity index (χ1n) is 27.8. The van der Waals surface area contributed by atoms with Crippen molar-refractivity contribution < 1.29 is 0 Å². The third kappa shape index (κ3) is 7.43. The van der Waals surface area contributed by atoms with E-state index in [0.29, 0.717) is 5.95 Å². The molecular formula is C76H46N4S2. The minimum atomic E-state index is 0.615. The largest absolute Gasteiger partial charge is 0.307 e. The zero-order valence-electron chi connectivity index (χ0n) is 44.2. The number of fused-ring (bicyclic) bond motifs is 13. The van der Waals surface area contributed by atoms with Gasteiger partial charge < -0.3 is 4.57 Å². The Hall–Kier alpha value is -10.2. The van der Waals surface area contributed by atoms with E-state index in [1.54, 1.807) is 0 Å². The minimum absolute atomic E-state index is 0.615. The summed E-state index contributed by atoms with van der Waals surface area (Å²) in [7, 11) is 0. The molecule has 0 amide bonds. The number of rotatable bonds is 8. The lowest BCUT2D eigenvalue weighted by Gasteiger charge is -2.17. The van der Waals surface area contributed by atoms with Crippen LogP contribution >= 0.6 is 22.7 Å². The molecule has 0 bridgehead atoms. The molecule has 5 aromatic heterocycles. The molecular weight excluding hydrogens is 1030 g/mol. The first kappa shape index (κ1) is 46.7. The maximum Gasteiger partial charge on any atom is 0.235 e. The molecule has 0 aliphatic rings. The molecule has 0 unspecified atom stereocenters. The van der Waals surface area contributed by atoms with Crippen LogP contribution in [0.5, 0.6) is 0 Å². The molecule has 0 saturated carbocycles. The van der Waals surface area contributed by atoms with Gasteiger partial charge in [-0.3, -0.25) is 4.57 Å². The Balaban J connectivity index is 0.979. The van der Waals surface area contributed by atoms with E-state index in [1.807, 2.05) is 22.7 Å². The summed E-state index contributed by atoms with van der Waals surface area (Å²) in [5, 5.41) is 9.56. The van der Waals surface area contributed by atoms with Crippen molar-refractivity contribution in [2.75, 3.05) is 0 Å². The van der Waals surface area contributed by atoms with Crippen molar-refractivity contribution in [1.29, 1.82) is 0 Å². The predicted octanol–water partition coefficient (Wildman–Crippen LogP) is 21.4. The average molecular weight is 1080 g/mol. The van der Waals surface area contributed by atoms with Crippen molar-refractivity contribution in [3.05, 3.63) is 279 Å². The summed E-state index contributed by atoms with van der Waals surface area (Å²) in [6.45, 7) is 0. The van der Waals surface area contributed by atoms with Gasteiger partial charge in [0.2, 0.25) is 5.95 Å². The highest BCUT2D eigenvalue weighted by molar-refractivity contribution is 7.26. The van der Waals surface area contributed by atoms with E-state index >= 15 is 0 Å². The molecule has 382 valence electrons. The van der Waals surface area contributed by atoms with Gasteiger partial charge in [0.1, 0.15) is 0 Å². The van der Waals surface area contributed by atoms with Gasteiger partial charge in [0.25, 0.3) is 0 Å². The van der Waals surface area contributed by atoms with Gasteiger partial charge in [-0.2, -0.15) is 0 Å². The van der Waals surface area contributed by atoms with Crippen LogP contribution in [0, 0.1) is 0 Å². The number of hydrogen-bond donors (Lipinski definition) is 0. The van der Waals surface area contributed by atoms with Crippen LogP contribution in [0.2, 0.25) is 0 Å². The van der Waals surface area contributed by atoms with Gasteiger partial charge in [-0.25, -0.2) is 9.97 Å². The second kappa shape index (κ2) is 18.7. The second-order valence-electron chi connectivity index (χ2n) is 21.2. The van der Waals surface area contributed by atoms with Crippen LogP contribution in [0.1, 0.15) is 0 Å². The Morgan fingerprint density at radius 3 is 1.11 bits per heavy atom. The zero-order chi connectivity index (χ0) is 53.8. The average Bonchev–Trinajstić information content (AvgIpc) is 2.09. The van der Waals surface area contributed by atoms with E-state index in [-0.39, 0.29) is 0 Å². The van der Waals surface area contributed by atoms with Gasteiger partial charge in [0, 0.05) is 78.7 Å². The fourth-order valence-corrected chi connectivity index (χ4v) is 15.2. The quantitative estimate of drug-likeness (QED) is 0.152.